The van der Waals surface area contributed by atoms with Crippen LogP contribution in [0, 0.1) is 0 Å². The monoisotopic (exact) mass is 408 g/mol. The molecule has 0 aliphatic rings. The summed E-state index contributed by atoms with van der Waals surface area (Å²) in [4.78, 5) is 9.74. The quantitative estimate of drug-likeness (QED) is 0.542. The van der Waals surface area contributed by atoms with E-state index < -0.39 is 11.1 Å². The average molecular weight is 408 g/mol. The molecule has 2 aromatic rings. The molecule has 0 unspecified atom stereocenters. The van der Waals surface area contributed by atoms with Gasteiger partial charge in [0, 0.05) is 39.6 Å². The first-order valence-corrected chi connectivity index (χ1v) is 8.75. The number of para-hydroxylation sites is 2. The summed E-state index contributed by atoms with van der Waals surface area (Å²) in [6, 6.07) is 14.4. The molecule has 0 atom stereocenters. The number of nitrogens with zero attached hydrogens (tertiary/aromatic N) is 2. The van der Waals surface area contributed by atoms with Crippen molar-refractivity contribution in [3.63, 3.8) is 0 Å². The first-order chi connectivity index (χ1) is 12.0. The number of aliphatic imine (C=N–C) groups is 2. The topological polar surface area (TPSA) is 65.2 Å². The van der Waals surface area contributed by atoms with Crippen LogP contribution in [0.2, 0.25) is 0 Å². The normalized spacial score (nSPS) is 13.3. The molecule has 0 aliphatic heterocycles. The Balaban J connectivity index is 0.00000364. The molecule has 0 heterocycles. The van der Waals surface area contributed by atoms with Gasteiger partial charge in [-0.05, 0) is 65.8 Å². The molecule has 146 valence electrons. The van der Waals surface area contributed by atoms with Crippen LogP contribution in [0.25, 0.3) is 0 Å². The Bertz CT molecular complexity index is 783. The molecular weight excluding hydrogens is 380 g/mol. The molecule has 0 fully saturated rings. The molecule has 0 bridgehead atoms. The van der Waals surface area contributed by atoms with Crippen molar-refractivity contribution in [1.29, 1.82) is 0 Å². The van der Waals surface area contributed by atoms with Crippen LogP contribution in [0.3, 0.4) is 0 Å². The molecule has 2 N–H and O–H groups in total. The summed E-state index contributed by atoms with van der Waals surface area (Å²) < 4.78 is 0. The smallest absolute Gasteiger partial charge is 0.124 e. The summed E-state index contributed by atoms with van der Waals surface area (Å²) in [6.07, 6.45) is 0. The Labute approximate surface area is 172 Å². The Kier molecular flexibility index (Phi) is 7.41. The Morgan fingerprint density at radius 3 is 1.26 bits per heavy atom. The van der Waals surface area contributed by atoms with Crippen LogP contribution in [0.15, 0.2) is 58.5 Å². The summed E-state index contributed by atoms with van der Waals surface area (Å²) in [5.41, 5.74) is 1.92. The Hall–Kier alpha value is -2.10. The third-order valence-corrected chi connectivity index (χ3v) is 4.98. The summed E-state index contributed by atoms with van der Waals surface area (Å²) in [7, 11) is 0. The van der Waals surface area contributed by atoms with Gasteiger partial charge in [0.1, 0.15) is 11.5 Å². The Morgan fingerprint density at radius 1 is 0.667 bits per heavy atom. The van der Waals surface area contributed by atoms with Gasteiger partial charge in [-0.15, -0.1) is 0 Å². The minimum absolute atomic E-state index is 0. The maximum Gasteiger partial charge on any atom is 0.124 e. The largest absolute Gasteiger partial charge is 0.507 e. The van der Waals surface area contributed by atoms with Crippen molar-refractivity contribution in [2.75, 3.05) is 0 Å². The molecule has 0 aliphatic carbocycles. The summed E-state index contributed by atoms with van der Waals surface area (Å²) in [5.74, 6) is 0.437. The van der Waals surface area contributed by atoms with Crippen LogP contribution in [0.1, 0.15) is 52.7 Å². The zero-order valence-corrected chi connectivity index (χ0v) is 17.9. The minimum atomic E-state index is -0.523. The van der Waals surface area contributed by atoms with E-state index >= 15 is 0 Å². The average Bonchev–Trinajstić information content (AvgIpc) is 2.54. The van der Waals surface area contributed by atoms with Crippen molar-refractivity contribution in [2.24, 2.45) is 9.98 Å². The van der Waals surface area contributed by atoms with Crippen LogP contribution in [-0.2, 0) is 17.1 Å². The second-order valence-corrected chi connectivity index (χ2v) is 7.55. The number of aromatic hydroxyl groups is 2. The van der Waals surface area contributed by atoms with Crippen LogP contribution in [-0.4, -0.2) is 32.7 Å². The zero-order chi connectivity index (χ0) is 19.5. The molecule has 0 amide bonds. The van der Waals surface area contributed by atoms with E-state index in [1.807, 2.05) is 65.8 Å². The van der Waals surface area contributed by atoms with Gasteiger partial charge in [-0.25, -0.2) is 0 Å². The number of phenolic OH excluding ortho intramolecular Hbond substituents is 2. The van der Waals surface area contributed by atoms with E-state index in [1.54, 1.807) is 24.3 Å². The van der Waals surface area contributed by atoms with Gasteiger partial charge in [0.05, 0.1) is 11.1 Å². The second kappa shape index (κ2) is 8.73. The van der Waals surface area contributed by atoms with Gasteiger partial charge in [-0.2, -0.15) is 0 Å². The van der Waals surface area contributed by atoms with E-state index in [2.05, 4.69) is 0 Å². The van der Waals surface area contributed by atoms with Gasteiger partial charge >= 0.3 is 0 Å². The Morgan fingerprint density at radius 2 is 0.963 bits per heavy atom. The van der Waals surface area contributed by atoms with E-state index in [-0.39, 0.29) is 28.6 Å². The van der Waals surface area contributed by atoms with Crippen molar-refractivity contribution in [1.82, 2.24) is 0 Å². The van der Waals surface area contributed by atoms with Crippen molar-refractivity contribution in [3.05, 3.63) is 59.7 Å². The number of rotatable bonds is 5. The molecule has 0 saturated carbocycles. The van der Waals surface area contributed by atoms with E-state index in [0.717, 1.165) is 22.6 Å². The number of hydrogen-bond donors (Lipinski definition) is 2. The first kappa shape index (κ1) is 22.9. The molecule has 0 spiro atoms. The molecule has 0 aromatic heterocycles. The van der Waals surface area contributed by atoms with Crippen molar-refractivity contribution in [2.45, 2.75) is 52.6 Å². The number of benzene rings is 2. The summed E-state index contributed by atoms with van der Waals surface area (Å²) in [6.45, 7) is 11.9. The molecular formula is C22H28FeN2O2. The molecule has 5 heteroatoms. The standard InChI is InChI=1S/C22H28N2O2.Fe/c1-15(17-11-7-9-13-19(17)25)23-21(3,4)22(5,6)24-16(2)18-12-8-10-14-20(18)26;/h7-14,25-26H,1-6H3;. The molecule has 27 heavy (non-hydrogen) atoms. The zero-order valence-electron chi connectivity index (χ0n) is 16.8. The molecule has 4 nitrogen and oxygen atoms in total. The van der Waals surface area contributed by atoms with Crippen LogP contribution >= 0.6 is 0 Å². The van der Waals surface area contributed by atoms with Crippen molar-refractivity contribution >= 4 is 11.4 Å². The van der Waals surface area contributed by atoms with E-state index in [0.29, 0.717) is 0 Å². The van der Waals surface area contributed by atoms with Gasteiger partial charge < -0.3 is 10.2 Å². The fourth-order valence-corrected chi connectivity index (χ4v) is 2.79. The fraction of sp³-hybridized carbons (Fsp3) is 0.364. The summed E-state index contributed by atoms with van der Waals surface area (Å²) >= 11 is 0. The molecule has 2 rings (SSSR count). The van der Waals surface area contributed by atoms with Crippen LogP contribution in [0.5, 0.6) is 11.5 Å². The van der Waals surface area contributed by atoms with Crippen molar-refractivity contribution in [3.8, 4) is 11.5 Å². The van der Waals surface area contributed by atoms with Gasteiger partial charge in [0.15, 0.2) is 0 Å². The predicted molar refractivity (Wildman–Crippen MR) is 109 cm³/mol. The summed E-state index contributed by atoms with van der Waals surface area (Å²) in [5, 5.41) is 20.1. The number of phenols is 2. The van der Waals surface area contributed by atoms with Gasteiger partial charge in [0.25, 0.3) is 0 Å². The van der Waals surface area contributed by atoms with Crippen molar-refractivity contribution < 1.29 is 27.3 Å². The minimum Gasteiger partial charge on any atom is -0.507 e. The van der Waals surface area contributed by atoms with Crippen LogP contribution in [0.4, 0.5) is 0 Å². The number of hydrogen-bond acceptors (Lipinski definition) is 4. The van der Waals surface area contributed by atoms with Gasteiger partial charge in [0.2, 0.25) is 0 Å². The molecule has 0 saturated heterocycles. The third-order valence-electron chi connectivity index (χ3n) is 4.98. The first-order valence-electron chi connectivity index (χ1n) is 8.75. The maximum absolute atomic E-state index is 10.1. The van der Waals surface area contributed by atoms with Crippen LogP contribution < -0.4 is 0 Å². The SMILES string of the molecule is CC(=NC(C)(C)C(C)(C)N=C(C)c1ccccc1O)c1ccccc1O.[Fe]. The van der Waals surface area contributed by atoms with E-state index in [1.165, 1.54) is 0 Å². The van der Waals surface area contributed by atoms with Gasteiger partial charge in [-0.1, -0.05) is 24.3 Å². The predicted octanol–water partition coefficient (Wildman–Crippen LogP) is 4.97. The second-order valence-electron chi connectivity index (χ2n) is 7.55. The van der Waals surface area contributed by atoms with E-state index in [9.17, 15) is 10.2 Å². The molecule has 2 aromatic carbocycles. The fourth-order valence-electron chi connectivity index (χ4n) is 2.79. The third kappa shape index (κ3) is 5.21. The maximum atomic E-state index is 10.1. The van der Waals surface area contributed by atoms with E-state index in [4.69, 9.17) is 9.98 Å². The molecule has 0 radical (unpaired) electrons. The van der Waals surface area contributed by atoms with Gasteiger partial charge in [-0.3, -0.25) is 9.98 Å².